The van der Waals surface area contributed by atoms with E-state index in [4.69, 9.17) is 4.55 Å². The zero-order valence-corrected chi connectivity index (χ0v) is 16.8. The first-order chi connectivity index (χ1) is 9.95. The molecule has 5 nitrogen and oxygen atoms in total. The largest absolute Gasteiger partial charge is 1.00 e. The minimum absolute atomic E-state index is 0. The summed E-state index contributed by atoms with van der Waals surface area (Å²) in [5.74, 6) is -0.955. The van der Waals surface area contributed by atoms with Crippen LogP contribution in [0.25, 0.3) is 0 Å². The Balaban J connectivity index is 0. The van der Waals surface area contributed by atoms with Gasteiger partial charge in [-0.15, -0.1) is 0 Å². The van der Waals surface area contributed by atoms with Gasteiger partial charge in [0, 0.05) is 0 Å². The van der Waals surface area contributed by atoms with Gasteiger partial charge in [0.25, 0.3) is 10.1 Å². The third-order valence-corrected chi connectivity index (χ3v) is 3.80. The summed E-state index contributed by atoms with van der Waals surface area (Å²) in [6.45, 7) is 2.02. The van der Waals surface area contributed by atoms with Crippen LogP contribution in [0.5, 0.6) is 0 Å². The second-order valence-electron chi connectivity index (χ2n) is 5.17. The normalized spacial score (nSPS) is 12.5. The Kier molecular flexibility index (Phi) is 17.7. The van der Waals surface area contributed by atoms with E-state index in [-0.39, 0.29) is 36.1 Å². The molecule has 0 fully saturated rings. The number of aliphatic imine (C=N–C) groups is 1. The van der Waals surface area contributed by atoms with Crippen LogP contribution >= 0.6 is 0 Å². The number of hydrogen-bond acceptors (Lipinski definition) is 4. The van der Waals surface area contributed by atoms with E-state index in [0.29, 0.717) is 0 Å². The second kappa shape index (κ2) is 16.0. The average Bonchev–Trinajstić information content (AvgIpc) is 2.39. The molecule has 0 saturated carbocycles. The van der Waals surface area contributed by atoms with Crippen LogP contribution in [0.3, 0.4) is 0 Å². The van der Waals surface area contributed by atoms with Crippen LogP contribution in [0.4, 0.5) is 0 Å². The summed E-state index contributed by atoms with van der Waals surface area (Å²) in [5, 5.41) is 11.2. The molecule has 0 aliphatic carbocycles. The number of rotatable bonds is 13. The fraction of sp³-hybridized carbons (Fsp3) is 0.800. The van der Waals surface area contributed by atoms with Crippen LogP contribution in [-0.4, -0.2) is 31.2 Å². The van der Waals surface area contributed by atoms with Crippen molar-refractivity contribution in [1.82, 2.24) is 0 Å². The molecule has 0 bridgehead atoms. The Morgan fingerprint density at radius 2 is 1.64 bits per heavy atom. The quantitative estimate of drug-likeness (QED) is 0.164. The van der Waals surface area contributed by atoms with E-state index in [1.165, 1.54) is 51.0 Å². The molecular formula is C15H28NNaO4S. The van der Waals surface area contributed by atoms with E-state index in [9.17, 15) is 13.5 Å². The molecule has 0 spiro atoms. The zero-order chi connectivity index (χ0) is 16.0. The van der Waals surface area contributed by atoms with Crippen molar-refractivity contribution in [1.29, 1.82) is 0 Å². The average molecular weight is 341 g/mol. The van der Waals surface area contributed by atoms with Crippen LogP contribution in [0.2, 0.25) is 0 Å². The molecule has 0 aromatic carbocycles. The topological polar surface area (TPSA) is 89.8 Å². The molecule has 124 valence electrons. The summed E-state index contributed by atoms with van der Waals surface area (Å²) in [6, 6.07) is 0. The van der Waals surface area contributed by atoms with Crippen LogP contribution in [0.15, 0.2) is 17.1 Å². The minimum Gasteiger partial charge on any atom is -0.859 e. The van der Waals surface area contributed by atoms with Gasteiger partial charge in [0.1, 0.15) is 0 Å². The Labute approximate surface area is 157 Å². The molecule has 0 atom stereocenters. The Morgan fingerprint density at radius 3 is 2.18 bits per heavy atom. The number of allylic oxidation sites excluding steroid dienone is 1. The van der Waals surface area contributed by atoms with Crippen molar-refractivity contribution < 1.29 is 47.6 Å². The van der Waals surface area contributed by atoms with Gasteiger partial charge in [-0.1, -0.05) is 64.0 Å². The van der Waals surface area contributed by atoms with Crippen LogP contribution in [0, 0.1) is 0 Å². The fourth-order valence-electron chi connectivity index (χ4n) is 1.90. The molecule has 0 aromatic rings. The molecule has 7 heteroatoms. The molecule has 0 aliphatic rings. The standard InChI is InChI=1S/C15H29NO4S.Na/c1-2-3-4-5-6-7-8-9-10-11-12-15(17)16-13-14-21(18,19)20;/h11-12H,2-10,13-14H2,1H3,(H,16,17)(H,18,19,20);/q;+1/p-1/b12-11+;. The van der Waals surface area contributed by atoms with E-state index in [1.807, 2.05) is 0 Å². The molecule has 0 unspecified atom stereocenters. The Bertz CT molecular complexity index is 408. The Morgan fingerprint density at radius 1 is 1.09 bits per heavy atom. The van der Waals surface area contributed by atoms with Gasteiger partial charge in [-0.2, -0.15) is 8.42 Å². The van der Waals surface area contributed by atoms with Crippen molar-refractivity contribution in [2.75, 3.05) is 12.3 Å². The van der Waals surface area contributed by atoms with Crippen molar-refractivity contribution in [2.24, 2.45) is 4.99 Å². The van der Waals surface area contributed by atoms with E-state index >= 15 is 0 Å². The summed E-state index contributed by atoms with van der Waals surface area (Å²) in [6.07, 6.45) is 14.0. The summed E-state index contributed by atoms with van der Waals surface area (Å²) < 4.78 is 29.3. The third kappa shape index (κ3) is 20.1. The van der Waals surface area contributed by atoms with Gasteiger partial charge in [0.15, 0.2) is 0 Å². The number of nitrogens with zero attached hydrogens (tertiary/aromatic N) is 1. The second-order valence-corrected chi connectivity index (χ2v) is 6.74. The Hall–Kier alpha value is 0.120. The van der Waals surface area contributed by atoms with Gasteiger partial charge in [0.05, 0.1) is 12.3 Å². The van der Waals surface area contributed by atoms with E-state index in [2.05, 4.69) is 11.9 Å². The van der Waals surface area contributed by atoms with Gasteiger partial charge < -0.3 is 5.11 Å². The molecule has 0 aromatic heterocycles. The molecule has 0 saturated heterocycles. The molecule has 0 radical (unpaired) electrons. The predicted octanol–water partition coefficient (Wildman–Crippen LogP) is -0.276. The van der Waals surface area contributed by atoms with Crippen molar-refractivity contribution in [3.8, 4) is 0 Å². The third-order valence-electron chi connectivity index (χ3n) is 3.10. The first-order valence-electron chi connectivity index (χ1n) is 7.79. The molecule has 22 heavy (non-hydrogen) atoms. The summed E-state index contributed by atoms with van der Waals surface area (Å²) in [4.78, 5) is 3.52. The minimum atomic E-state index is -4.03. The van der Waals surface area contributed by atoms with E-state index in [1.54, 1.807) is 6.08 Å². The van der Waals surface area contributed by atoms with Crippen molar-refractivity contribution in [2.45, 2.75) is 64.7 Å². The van der Waals surface area contributed by atoms with Crippen molar-refractivity contribution in [3.05, 3.63) is 12.2 Å². The SMILES string of the molecule is CCCCCCCCCC/C=C/C([O-])=NCCS(=O)(=O)O.[Na+]. The van der Waals surface area contributed by atoms with Gasteiger partial charge in [-0.05, 0) is 18.7 Å². The monoisotopic (exact) mass is 341 g/mol. The maximum absolute atomic E-state index is 11.2. The van der Waals surface area contributed by atoms with Gasteiger partial charge in [-0.3, -0.25) is 9.55 Å². The first kappa shape index (κ1) is 24.4. The molecule has 1 N–H and O–H groups in total. The first-order valence-corrected chi connectivity index (χ1v) is 9.40. The van der Waals surface area contributed by atoms with E-state index < -0.39 is 21.8 Å². The molecular weight excluding hydrogens is 313 g/mol. The van der Waals surface area contributed by atoms with Gasteiger partial charge in [0.2, 0.25) is 0 Å². The van der Waals surface area contributed by atoms with Gasteiger partial charge in [-0.25, -0.2) is 0 Å². The predicted molar refractivity (Wildman–Crippen MR) is 85.1 cm³/mol. The van der Waals surface area contributed by atoms with Crippen LogP contribution < -0.4 is 34.7 Å². The fourth-order valence-corrected chi connectivity index (χ4v) is 2.23. The van der Waals surface area contributed by atoms with Gasteiger partial charge >= 0.3 is 29.6 Å². The molecule has 0 aliphatic heterocycles. The maximum Gasteiger partial charge on any atom is 1.00 e. The van der Waals surface area contributed by atoms with Crippen molar-refractivity contribution >= 4 is 16.0 Å². The van der Waals surface area contributed by atoms with E-state index in [0.717, 1.165) is 12.8 Å². The summed E-state index contributed by atoms with van der Waals surface area (Å²) in [7, 11) is -4.03. The van der Waals surface area contributed by atoms with Crippen molar-refractivity contribution in [3.63, 3.8) is 0 Å². The zero-order valence-electron chi connectivity index (χ0n) is 14.0. The van der Waals surface area contributed by atoms with Crippen LogP contribution in [-0.2, 0) is 10.1 Å². The van der Waals surface area contributed by atoms with Crippen LogP contribution in [0.1, 0.15) is 64.7 Å². The maximum atomic E-state index is 11.2. The summed E-state index contributed by atoms with van der Waals surface area (Å²) in [5.41, 5.74) is 0. The smallest absolute Gasteiger partial charge is 0.859 e. The molecule has 0 amide bonds. The summed E-state index contributed by atoms with van der Waals surface area (Å²) >= 11 is 0. The number of unbranched alkanes of at least 4 members (excludes halogenated alkanes) is 8. The number of hydrogen-bond donors (Lipinski definition) is 1. The molecule has 0 rings (SSSR count). The molecule has 0 heterocycles.